The van der Waals surface area contributed by atoms with Crippen LogP contribution in [0.2, 0.25) is 0 Å². The Morgan fingerprint density at radius 3 is 2.65 bits per heavy atom. The Balaban J connectivity index is 1.73. The summed E-state index contributed by atoms with van der Waals surface area (Å²) < 4.78 is 0. The van der Waals surface area contributed by atoms with Crippen LogP contribution in [0.4, 0.5) is 11.8 Å². The molecule has 0 aromatic carbocycles. The summed E-state index contributed by atoms with van der Waals surface area (Å²) >= 11 is 0. The molecule has 0 saturated heterocycles. The molecule has 2 saturated carbocycles. The summed E-state index contributed by atoms with van der Waals surface area (Å²) in [5.41, 5.74) is 2.66. The fourth-order valence-electron chi connectivity index (χ4n) is 4.96. The number of hydrogen-bond donors (Lipinski definition) is 2. The Hall–Kier alpha value is -1.36. The number of aromatic nitrogens is 2. The van der Waals surface area contributed by atoms with E-state index in [0.29, 0.717) is 17.8 Å². The Kier molecular flexibility index (Phi) is 3.92. The molecule has 3 aliphatic rings. The van der Waals surface area contributed by atoms with E-state index >= 15 is 0 Å². The first-order chi connectivity index (χ1) is 11.2. The predicted octanol–water partition coefficient (Wildman–Crippen LogP) is 2.56. The van der Waals surface area contributed by atoms with Gasteiger partial charge in [0.2, 0.25) is 5.95 Å². The number of aliphatic hydroxyl groups is 1. The van der Waals surface area contributed by atoms with Gasteiger partial charge in [-0.1, -0.05) is 6.92 Å². The molecular formula is C18H28N4O. The first kappa shape index (κ1) is 15.2. The number of hydrogen-bond acceptors (Lipinski definition) is 5. The third kappa shape index (κ3) is 2.59. The van der Waals surface area contributed by atoms with E-state index in [0.717, 1.165) is 50.5 Å². The molecule has 1 aromatic rings. The maximum Gasteiger partial charge on any atom is 0.224 e. The van der Waals surface area contributed by atoms with Gasteiger partial charge in [0, 0.05) is 31.6 Å². The molecule has 2 atom stereocenters. The molecule has 0 radical (unpaired) electrons. The van der Waals surface area contributed by atoms with Crippen LogP contribution in [-0.4, -0.2) is 41.3 Å². The average molecular weight is 316 g/mol. The van der Waals surface area contributed by atoms with Gasteiger partial charge < -0.3 is 15.3 Å². The lowest BCUT2D eigenvalue weighted by Gasteiger charge is -2.33. The van der Waals surface area contributed by atoms with Crippen molar-refractivity contribution in [1.82, 2.24) is 9.97 Å². The van der Waals surface area contributed by atoms with Crippen molar-refractivity contribution in [3.63, 3.8) is 0 Å². The van der Waals surface area contributed by atoms with Crippen LogP contribution < -0.4 is 10.2 Å². The molecule has 2 N–H and O–H groups in total. The minimum Gasteiger partial charge on any atom is -0.393 e. The highest BCUT2D eigenvalue weighted by Gasteiger charge is 2.45. The molecule has 2 bridgehead atoms. The molecule has 2 heterocycles. The fourth-order valence-corrected chi connectivity index (χ4v) is 4.96. The number of likely N-dealkylation sites (N-methyl/N-ethyl adjacent to an activating group) is 1. The van der Waals surface area contributed by atoms with Gasteiger partial charge in [0.15, 0.2) is 0 Å². The Morgan fingerprint density at radius 1 is 1.22 bits per heavy atom. The largest absolute Gasteiger partial charge is 0.393 e. The summed E-state index contributed by atoms with van der Waals surface area (Å²) in [5, 5.41) is 13.5. The van der Waals surface area contributed by atoms with Crippen LogP contribution in [0.15, 0.2) is 0 Å². The Bertz CT molecular complexity index is 577. The summed E-state index contributed by atoms with van der Waals surface area (Å²) in [6.07, 6.45) is 6.44. The lowest BCUT2D eigenvalue weighted by molar-refractivity contribution is 0.0825. The number of fused-ring (bicyclic) bond motifs is 3. The summed E-state index contributed by atoms with van der Waals surface area (Å²) in [4.78, 5) is 12.0. The Morgan fingerprint density at radius 2 is 1.96 bits per heavy atom. The fraction of sp³-hybridized carbons (Fsp3) is 0.778. The van der Waals surface area contributed by atoms with Crippen molar-refractivity contribution in [2.24, 2.45) is 11.8 Å². The van der Waals surface area contributed by atoms with Crippen LogP contribution >= 0.6 is 0 Å². The number of rotatable bonds is 4. The molecule has 2 aliphatic carbocycles. The van der Waals surface area contributed by atoms with E-state index in [1.807, 2.05) is 0 Å². The minimum atomic E-state index is -0.0982. The maximum absolute atomic E-state index is 10.1. The summed E-state index contributed by atoms with van der Waals surface area (Å²) in [6.45, 7) is 4.12. The SMILES string of the molecule is CCCNc1nc(C2C3CCC2CC(O)C3)c2c(n1)N(C)CC2. The zero-order valence-electron chi connectivity index (χ0n) is 14.3. The van der Waals surface area contributed by atoms with Crippen molar-refractivity contribution < 1.29 is 5.11 Å². The van der Waals surface area contributed by atoms with E-state index in [4.69, 9.17) is 9.97 Å². The second-order valence-corrected chi connectivity index (χ2v) is 7.58. The second-order valence-electron chi connectivity index (χ2n) is 7.58. The molecule has 1 aliphatic heterocycles. The zero-order chi connectivity index (χ0) is 16.0. The molecule has 126 valence electrons. The van der Waals surface area contributed by atoms with Gasteiger partial charge in [0.1, 0.15) is 5.82 Å². The molecule has 0 spiro atoms. The smallest absolute Gasteiger partial charge is 0.224 e. The minimum absolute atomic E-state index is 0.0982. The number of anilines is 2. The van der Waals surface area contributed by atoms with E-state index in [1.54, 1.807) is 0 Å². The standard InChI is InChI=1S/C18H28N4O/c1-3-7-19-18-20-16(14-6-8-22(2)17(14)21-18)15-11-4-5-12(15)10-13(23)9-11/h11-13,15,23H,3-10H2,1-2H3,(H,19,20,21). The predicted molar refractivity (Wildman–Crippen MR) is 92.0 cm³/mol. The summed E-state index contributed by atoms with van der Waals surface area (Å²) in [6, 6.07) is 0. The van der Waals surface area contributed by atoms with Gasteiger partial charge in [0.05, 0.1) is 11.8 Å². The summed E-state index contributed by atoms with van der Waals surface area (Å²) in [5.74, 6) is 3.66. The maximum atomic E-state index is 10.1. The molecule has 4 rings (SSSR count). The van der Waals surface area contributed by atoms with Gasteiger partial charge in [0.25, 0.3) is 0 Å². The van der Waals surface area contributed by atoms with Gasteiger partial charge in [-0.3, -0.25) is 0 Å². The molecule has 2 fully saturated rings. The molecule has 1 aromatic heterocycles. The molecule has 5 heteroatoms. The highest BCUT2D eigenvalue weighted by atomic mass is 16.3. The van der Waals surface area contributed by atoms with E-state index in [2.05, 4.69) is 24.2 Å². The molecular weight excluding hydrogens is 288 g/mol. The lowest BCUT2D eigenvalue weighted by Crippen LogP contribution is -2.29. The van der Waals surface area contributed by atoms with E-state index in [-0.39, 0.29) is 6.10 Å². The van der Waals surface area contributed by atoms with Crippen molar-refractivity contribution in [3.8, 4) is 0 Å². The van der Waals surface area contributed by atoms with Gasteiger partial charge in [-0.05, 0) is 50.4 Å². The van der Waals surface area contributed by atoms with Crippen molar-refractivity contribution in [2.75, 3.05) is 30.4 Å². The third-order valence-electron chi connectivity index (χ3n) is 6.00. The van der Waals surface area contributed by atoms with Crippen LogP contribution in [0.1, 0.15) is 56.2 Å². The highest BCUT2D eigenvalue weighted by molar-refractivity contribution is 5.57. The lowest BCUT2D eigenvalue weighted by atomic mass is 9.74. The third-order valence-corrected chi connectivity index (χ3v) is 6.00. The van der Waals surface area contributed by atoms with Crippen molar-refractivity contribution in [3.05, 3.63) is 11.3 Å². The van der Waals surface area contributed by atoms with Crippen LogP contribution in [0.3, 0.4) is 0 Å². The second kappa shape index (κ2) is 5.93. The molecule has 2 unspecified atom stereocenters. The van der Waals surface area contributed by atoms with E-state index < -0.39 is 0 Å². The van der Waals surface area contributed by atoms with Gasteiger partial charge in [-0.25, -0.2) is 4.98 Å². The van der Waals surface area contributed by atoms with Crippen LogP contribution in [0.25, 0.3) is 0 Å². The average Bonchev–Trinajstić information content (AvgIpc) is 3.03. The van der Waals surface area contributed by atoms with Crippen molar-refractivity contribution in [2.45, 2.75) is 57.5 Å². The molecule has 5 nitrogen and oxygen atoms in total. The number of nitrogens with zero attached hydrogens (tertiary/aromatic N) is 3. The zero-order valence-corrected chi connectivity index (χ0v) is 14.3. The first-order valence-electron chi connectivity index (χ1n) is 9.21. The summed E-state index contributed by atoms with van der Waals surface area (Å²) in [7, 11) is 2.13. The van der Waals surface area contributed by atoms with Gasteiger partial charge >= 0.3 is 0 Å². The quantitative estimate of drug-likeness (QED) is 0.894. The molecule has 23 heavy (non-hydrogen) atoms. The Labute approximate surface area is 138 Å². The number of aliphatic hydroxyl groups excluding tert-OH is 1. The van der Waals surface area contributed by atoms with Crippen molar-refractivity contribution >= 4 is 11.8 Å². The monoisotopic (exact) mass is 316 g/mol. The van der Waals surface area contributed by atoms with Crippen LogP contribution in [0, 0.1) is 11.8 Å². The highest BCUT2D eigenvalue weighted by Crippen LogP contribution is 2.53. The van der Waals surface area contributed by atoms with Crippen LogP contribution in [0.5, 0.6) is 0 Å². The van der Waals surface area contributed by atoms with E-state index in [9.17, 15) is 5.11 Å². The van der Waals surface area contributed by atoms with Crippen LogP contribution in [-0.2, 0) is 6.42 Å². The van der Waals surface area contributed by atoms with Gasteiger partial charge in [-0.15, -0.1) is 0 Å². The van der Waals surface area contributed by atoms with Gasteiger partial charge in [-0.2, -0.15) is 4.98 Å². The number of nitrogens with one attached hydrogen (secondary N) is 1. The normalized spacial score (nSPS) is 32.2. The van der Waals surface area contributed by atoms with Crippen molar-refractivity contribution in [1.29, 1.82) is 0 Å². The first-order valence-corrected chi connectivity index (χ1v) is 9.21. The van der Waals surface area contributed by atoms with E-state index in [1.165, 1.54) is 24.1 Å². The molecule has 0 amide bonds. The topological polar surface area (TPSA) is 61.3 Å².